The Kier molecular flexibility index (Phi) is 6.94. The molecule has 1 heterocycles. The zero-order chi connectivity index (χ0) is 17.4. The normalized spacial score (nSPS) is 13.8. The van der Waals surface area contributed by atoms with Gasteiger partial charge in [-0.3, -0.25) is 4.98 Å². The molecule has 2 aromatic rings. The predicted molar refractivity (Wildman–Crippen MR) is 98.7 cm³/mol. The molecule has 0 saturated carbocycles. The molecule has 2 rings (SSSR count). The second-order valence-corrected chi connectivity index (χ2v) is 5.80. The van der Waals surface area contributed by atoms with E-state index in [0.717, 1.165) is 22.5 Å². The van der Waals surface area contributed by atoms with Crippen LogP contribution in [0.25, 0.3) is 12.2 Å². The van der Waals surface area contributed by atoms with Gasteiger partial charge >= 0.3 is 0 Å². The highest BCUT2D eigenvalue weighted by Gasteiger charge is 2.08. The van der Waals surface area contributed by atoms with Gasteiger partial charge in [0.25, 0.3) is 0 Å². The van der Waals surface area contributed by atoms with Gasteiger partial charge in [0.05, 0.1) is 24.6 Å². The molecular weight excluding hydrogens is 303 g/mol. The summed E-state index contributed by atoms with van der Waals surface area (Å²) in [5.41, 5.74) is 4.11. The third-order valence-electron chi connectivity index (χ3n) is 3.78. The molecule has 1 aromatic carbocycles. The molecule has 128 valence electrons. The number of hydrogen-bond acceptors (Lipinski definition) is 3. The van der Waals surface area contributed by atoms with Gasteiger partial charge in [0, 0.05) is 25.4 Å². The molecule has 0 spiro atoms. The van der Waals surface area contributed by atoms with Crippen molar-refractivity contribution in [1.82, 2.24) is 4.98 Å². The van der Waals surface area contributed by atoms with Gasteiger partial charge in [-0.25, -0.2) is 4.39 Å². The second-order valence-electron chi connectivity index (χ2n) is 5.80. The van der Waals surface area contributed by atoms with E-state index < -0.39 is 6.17 Å². The average Bonchev–Trinajstić information content (AvgIpc) is 2.60. The van der Waals surface area contributed by atoms with Crippen molar-refractivity contribution in [2.75, 3.05) is 19.0 Å². The van der Waals surface area contributed by atoms with Crippen molar-refractivity contribution in [2.45, 2.75) is 32.5 Å². The molecule has 24 heavy (non-hydrogen) atoms. The van der Waals surface area contributed by atoms with Crippen molar-refractivity contribution < 1.29 is 9.13 Å². The first-order valence-corrected chi connectivity index (χ1v) is 8.26. The highest BCUT2D eigenvalue weighted by atomic mass is 19.1. The minimum absolute atomic E-state index is 0.129. The summed E-state index contributed by atoms with van der Waals surface area (Å²) in [6.45, 7) is 3.88. The summed E-state index contributed by atoms with van der Waals surface area (Å²) in [7, 11) is 1.90. The van der Waals surface area contributed by atoms with E-state index in [0.29, 0.717) is 13.0 Å². The van der Waals surface area contributed by atoms with Crippen LogP contribution in [0.1, 0.15) is 43.2 Å². The van der Waals surface area contributed by atoms with Crippen LogP contribution in [0, 0.1) is 0 Å². The fourth-order valence-corrected chi connectivity index (χ4v) is 2.20. The van der Waals surface area contributed by atoms with Crippen molar-refractivity contribution in [3.8, 4) is 0 Å². The highest BCUT2D eigenvalue weighted by Crippen LogP contribution is 2.17. The van der Waals surface area contributed by atoms with E-state index in [9.17, 15) is 4.39 Å². The number of alkyl halides is 1. The molecule has 0 aliphatic heterocycles. The maximum atomic E-state index is 12.8. The van der Waals surface area contributed by atoms with Crippen LogP contribution >= 0.6 is 0 Å². The topological polar surface area (TPSA) is 34.1 Å². The van der Waals surface area contributed by atoms with Crippen LogP contribution in [-0.4, -0.2) is 24.8 Å². The monoisotopic (exact) mass is 328 g/mol. The number of hydrogen-bond donors (Lipinski definition) is 1. The van der Waals surface area contributed by atoms with Gasteiger partial charge in [0.1, 0.15) is 0 Å². The number of benzene rings is 1. The summed E-state index contributed by atoms with van der Waals surface area (Å²) in [6.07, 6.45) is 5.36. The van der Waals surface area contributed by atoms with Gasteiger partial charge in [0.15, 0.2) is 0 Å². The summed E-state index contributed by atoms with van der Waals surface area (Å²) in [4.78, 5) is 4.44. The molecule has 0 aliphatic rings. The fourth-order valence-electron chi connectivity index (χ4n) is 2.20. The van der Waals surface area contributed by atoms with Crippen LogP contribution in [0.2, 0.25) is 0 Å². The minimum Gasteiger partial charge on any atom is -0.388 e. The molecule has 1 N–H and O–H groups in total. The van der Waals surface area contributed by atoms with Gasteiger partial charge in [-0.05, 0) is 43.2 Å². The Balaban J connectivity index is 1.92. The van der Waals surface area contributed by atoms with E-state index in [2.05, 4.69) is 28.5 Å². The summed E-state index contributed by atoms with van der Waals surface area (Å²) in [6, 6.07) is 12.2. The van der Waals surface area contributed by atoms with Crippen molar-refractivity contribution in [3.63, 3.8) is 0 Å². The number of nitrogens with one attached hydrogen (secondary N) is 1. The molecule has 0 saturated heterocycles. The van der Waals surface area contributed by atoms with Crippen LogP contribution < -0.4 is 5.32 Å². The molecule has 4 heteroatoms. The highest BCUT2D eigenvalue weighted by molar-refractivity contribution is 5.70. The van der Waals surface area contributed by atoms with Gasteiger partial charge in [0.2, 0.25) is 0 Å². The lowest BCUT2D eigenvalue weighted by molar-refractivity contribution is 0.0509. The summed E-state index contributed by atoms with van der Waals surface area (Å²) < 4.78 is 18.4. The molecule has 1 aromatic heterocycles. The smallest absolute Gasteiger partial charge is 0.0995 e. The number of ether oxygens (including phenoxy) is 1. The van der Waals surface area contributed by atoms with E-state index in [4.69, 9.17) is 4.74 Å². The van der Waals surface area contributed by atoms with Crippen LogP contribution in [0.3, 0.4) is 0 Å². The summed E-state index contributed by atoms with van der Waals surface area (Å²) in [5.74, 6) is 0. The Morgan fingerprint density at radius 1 is 1.08 bits per heavy atom. The van der Waals surface area contributed by atoms with Crippen molar-refractivity contribution in [2.24, 2.45) is 0 Å². The largest absolute Gasteiger partial charge is 0.388 e. The van der Waals surface area contributed by atoms with E-state index in [1.807, 2.05) is 50.5 Å². The quantitative estimate of drug-likeness (QED) is 0.730. The standard InChI is InChI=1S/C20H25FN2O/c1-15(21)12-13-24-16(2)20-11-8-18(14-23-20)5-4-17-6-9-19(22-3)10-7-17/h4-11,14-16,22H,12-13H2,1-3H3/b5-4+. The van der Waals surface area contributed by atoms with Gasteiger partial charge in [-0.15, -0.1) is 0 Å². The average molecular weight is 328 g/mol. The molecule has 0 radical (unpaired) electrons. The lowest BCUT2D eigenvalue weighted by Gasteiger charge is -2.13. The zero-order valence-corrected chi connectivity index (χ0v) is 14.5. The molecule has 2 unspecified atom stereocenters. The molecule has 0 aliphatic carbocycles. The SMILES string of the molecule is CNc1ccc(/C=C/c2ccc(C(C)OCCC(C)F)nc2)cc1. The van der Waals surface area contributed by atoms with Crippen LogP contribution in [0.15, 0.2) is 42.6 Å². The Labute approximate surface area is 143 Å². The van der Waals surface area contributed by atoms with Gasteiger partial charge < -0.3 is 10.1 Å². The zero-order valence-electron chi connectivity index (χ0n) is 14.5. The maximum absolute atomic E-state index is 12.8. The van der Waals surface area contributed by atoms with Crippen LogP contribution in [-0.2, 0) is 4.74 Å². The molecule has 2 atom stereocenters. The Bertz CT molecular complexity index is 636. The minimum atomic E-state index is -0.833. The first-order chi connectivity index (χ1) is 11.6. The van der Waals surface area contributed by atoms with Gasteiger partial charge in [-0.2, -0.15) is 0 Å². The summed E-state index contributed by atoms with van der Waals surface area (Å²) in [5, 5.41) is 3.10. The Hall–Kier alpha value is -2.20. The molecular formula is C20H25FN2O. The van der Waals surface area contributed by atoms with Crippen LogP contribution in [0.5, 0.6) is 0 Å². The van der Waals surface area contributed by atoms with E-state index in [-0.39, 0.29) is 6.10 Å². The van der Waals surface area contributed by atoms with E-state index >= 15 is 0 Å². The van der Waals surface area contributed by atoms with Crippen LogP contribution in [0.4, 0.5) is 10.1 Å². The summed E-state index contributed by atoms with van der Waals surface area (Å²) >= 11 is 0. The first kappa shape index (κ1) is 18.1. The van der Waals surface area contributed by atoms with E-state index in [1.54, 1.807) is 6.92 Å². The number of anilines is 1. The van der Waals surface area contributed by atoms with Crippen molar-refractivity contribution in [3.05, 3.63) is 59.4 Å². The fraction of sp³-hybridized carbons (Fsp3) is 0.350. The lowest BCUT2D eigenvalue weighted by atomic mass is 10.1. The number of halogens is 1. The molecule has 0 fully saturated rings. The molecule has 0 bridgehead atoms. The lowest BCUT2D eigenvalue weighted by Crippen LogP contribution is -2.06. The molecule has 0 amide bonds. The Morgan fingerprint density at radius 3 is 2.33 bits per heavy atom. The number of pyridine rings is 1. The number of aromatic nitrogens is 1. The van der Waals surface area contributed by atoms with Crippen molar-refractivity contribution in [1.29, 1.82) is 0 Å². The van der Waals surface area contributed by atoms with Gasteiger partial charge in [-0.1, -0.05) is 30.4 Å². The second kappa shape index (κ2) is 9.18. The number of rotatable bonds is 8. The van der Waals surface area contributed by atoms with E-state index in [1.165, 1.54) is 0 Å². The third-order valence-corrected chi connectivity index (χ3v) is 3.78. The maximum Gasteiger partial charge on any atom is 0.0995 e. The first-order valence-electron chi connectivity index (χ1n) is 8.26. The Morgan fingerprint density at radius 2 is 1.75 bits per heavy atom. The molecule has 3 nitrogen and oxygen atoms in total. The van der Waals surface area contributed by atoms with Crippen molar-refractivity contribution >= 4 is 17.8 Å². The third kappa shape index (κ3) is 5.78. The predicted octanol–water partition coefficient (Wildman–Crippen LogP) is 5.12. The number of nitrogens with zero attached hydrogens (tertiary/aromatic N) is 1.